The van der Waals surface area contributed by atoms with Gasteiger partial charge in [-0.3, -0.25) is 0 Å². The van der Waals surface area contributed by atoms with E-state index in [4.69, 9.17) is 9.47 Å². The summed E-state index contributed by atoms with van der Waals surface area (Å²) < 4.78 is 26.0. The lowest BCUT2D eigenvalue weighted by atomic mass is 9.92. The van der Waals surface area contributed by atoms with Crippen molar-refractivity contribution in [2.24, 2.45) is 5.92 Å². The monoisotopic (exact) mass is 337 g/mol. The van der Waals surface area contributed by atoms with Gasteiger partial charge in [0.25, 0.3) is 0 Å². The molecule has 0 aromatic heterocycles. The molecule has 2 aliphatic heterocycles. The Hall–Kier alpha value is -1.29. The number of nitrogens with zero attached hydrogens (tertiary/aromatic N) is 1. The molecule has 0 N–H and O–H groups in total. The maximum Gasteiger partial charge on any atom is 0.127 e. The Bertz CT molecular complexity index is 562. The Kier molecular flexibility index (Phi) is 6.13. The number of halogens is 1. The zero-order valence-corrected chi connectivity index (χ0v) is 16.2. The molecule has 2 saturated heterocycles. The van der Waals surface area contributed by atoms with E-state index in [0.29, 0.717) is 26.4 Å². The van der Waals surface area contributed by atoms with E-state index in [-0.39, 0.29) is 12.0 Å². The summed E-state index contributed by atoms with van der Waals surface area (Å²) in [6.45, 7) is 16.5. The summed E-state index contributed by atoms with van der Waals surface area (Å²) in [6.07, 6.45) is -0.894. The summed E-state index contributed by atoms with van der Waals surface area (Å²) in [4.78, 5) is 2.24. The zero-order valence-electron chi connectivity index (χ0n) is 16.2. The van der Waals surface area contributed by atoms with Crippen LogP contribution < -0.4 is 0 Å². The molecule has 3 nitrogen and oxygen atoms in total. The van der Waals surface area contributed by atoms with Crippen LogP contribution in [-0.2, 0) is 9.47 Å². The van der Waals surface area contributed by atoms with Crippen LogP contribution in [0.1, 0.15) is 48.5 Å². The van der Waals surface area contributed by atoms with Gasteiger partial charge in [-0.25, -0.2) is 4.39 Å². The molecule has 0 amide bonds. The highest BCUT2D eigenvalue weighted by Crippen LogP contribution is 2.38. The van der Waals surface area contributed by atoms with Crippen molar-refractivity contribution in [3.05, 3.63) is 33.7 Å². The summed E-state index contributed by atoms with van der Waals surface area (Å²) in [5.41, 5.74) is 5.74. The van der Waals surface area contributed by atoms with Crippen molar-refractivity contribution in [2.45, 2.75) is 60.7 Å². The molecule has 4 heteroatoms. The number of fused-ring (bicyclic) bond motifs is 1. The van der Waals surface area contributed by atoms with Crippen molar-refractivity contribution in [1.29, 1.82) is 0 Å². The van der Waals surface area contributed by atoms with Gasteiger partial charge in [0.15, 0.2) is 0 Å². The molecule has 0 aromatic carbocycles. The van der Waals surface area contributed by atoms with E-state index in [2.05, 4.69) is 46.4 Å². The lowest BCUT2D eigenvalue weighted by Gasteiger charge is -2.41. The van der Waals surface area contributed by atoms with Crippen LogP contribution in [0.25, 0.3) is 0 Å². The minimum atomic E-state index is -0.894. The lowest BCUT2D eigenvalue weighted by molar-refractivity contribution is 0.0974. The van der Waals surface area contributed by atoms with Crippen molar-refractivity contribution >= 4 is 0 Å². The van der Waals surface area contributed by atoms with E-state index in [0.717, 1.165) is 22.6 Å². The van der Waals surface area contributed by atoms with Gasteiger partial charge < -0.3 is 14.4 Å². The number of alkyl halides is 1. The van der Waals surface area contributed by atoms with E-state index in [9.17, 15) is 4.39 Å². The number of ether oxygens (including phenoxy) is 2. The maximum atomic E-state index is 14.0. The molecule has 2 rings (SSSR count). The average Bonchev–Trinajstić information content (AvgIpc) is 2.89. The number of allylic oxidation sites excluding steroid dienone is 3. The van der Waals surface area contributed by atoms with Crippen molar-refractivity contribution < 1.29 is 13.9 Å². The second-order valence-electron chi connectivity index (χ2n) is 7.66. The molecular formula is C20H32FNO2. The van der Waals surface area contributed by atoms with Gasteiger partial charge in [0.05, 0.1) is 25.9 Å². The molecule has 24 heavy (non-hydrogen) atoms. The molecule has 0 saturated carbocycles. The predicted octanol–water partition coefficient (Wildman–Crippen LogP) is 4.62. The molecule has 3 atom stereocenters. The third-order valence-corrected chi connectivity index (χ3v) is 4.63. The number of hydrogen-bond donors (Lipinski definition) is 0. The highest BCUT2D eigenvalue weighted by atomic mass is 19.1. The van der Waals surface area contributed by atoms with E-state index in [1.54, 1.807) is 6.92 Å². The first kappa shape index (κ1) is 19.0. The maximum absolute atomic E-state index is 14.0. The van der Waals surface area contributed by atoms with Crippen molar-refractivity contribution in [2.75, 3.05) is 26.4 Å². The van der Waals surface area contributed by atoms with Crippen molar-refractivity contribution in [3.63, 3.8) is 0 Å². The van der Waals surface area contributed by atoms with Gasteiger partial charge >= 0.3 is 0 Å². The first-order chi connectivity index (χ1) is 11.2. The smallest absolute Gasteiger partial charge is 0.127 e. The highest BCUT2D eigenvalue weighted by Gasteiger charge is 2.39. The third-order valence-electron chi connectivity index (χ3n) is 4.63. The summed E-state index contributed by atoms with van der Waals surface area (Å²) in [5, 5.41) is 0. The largest absolute Gasteiger partial charge is 0.492 e. The van der Waals surface area contributed by atoms with Crippen molar-refractivity contribution in [1.82, 2.24) is 4.90 Å². The Labute approximate surface area is 146 Å². The van der Waals surface area contributed by atoms with Gasteiger partial charge in [-0.05, 0) is 54.0 Å². The highest BCUT2D eigenvalue weighted by molar-refractivity contribution is 5.49. The van der Waals surface area contributed by atoms with Crippen LogP contribution in [-0.4, -0.2) is 43.5 Å². The van der Waals surface area contributed by atoms with Crippen LogP contribution in [0.4, 0.5) is 4.39 Å². The fourth-order valence-electron chi connectivity index (χ4n) is 3.66. The molecule has 136 valence electrons. The third kappa shape index (κ3) is 3.85. The van der Waals surface area contributed by atoms with Crippen LogP contribution in [0.3, 0.4) is 0 Å². The second kappa shape index (κ2) is 7.73. The van der Waals surface area contributed by atoms with Gasteiger partial charge in [-0.2, -0.15) is 0 Å². The molecule has 2 aliphatic rings. The Morgan fingerprint density at radius 2 is 1.71 bits per heavy atom. The zero-order chi connectivity index (χ0) is 18.0. The molecular weight excluding hydrogens is 305 g/mol. The molecule has 0 bridgehead atoms. The van der Waals surface area contributed by atoms with E-state index in [1.165, 1.54) is 11.1 Å². The van der Waals surface area contributed by atoms with E-state index in [1.807, 2.05) is 0 Å². The number of hydrogen-bond acceptors (Lipinski definition) is 3. The molecule has 2 heterocycles. The van der Waals surface area contributed by atoms with E-state index >= 15 is 0 Å². The molecule has 3 unspecified atom stereocenters. The normalized spacial score (nSPS) is 25.7. The van der Waals surface area contributed by atoms with E-state index < -0.39 is 6.17 Å². The molecule has 0 radical (unpaired) electrons. The van der Waals surface area contributed by atoms with Gasteiger partial charge in [0.1, 0.15) is 11.9 Å². The summed E-state index contributed by atoms with van der Waals surface area (Å²) >= 11 is 0. The first-order valence-electron chi connectivity index (χ1n) is 8.88. The fraction of sp³-hybridized carbons (Fsp3) is 0.700. The second-order valence-corrected chi connectivity index (χ2v) is 7.66. The van der Waals surface area contributed by atoms with Crippen LogP contribution in [0.5, 0.6) is 0 Å². The average molecular weight is 337 g/mol. The minimum absolute atomic E-state index is 0.168. The predicted molar refractivity (Wildman–Crippen MR) is 96.4 cm³/mol. The summed E-state index contributed by atoms with van der Waals surface area (Å²) in [5.74, 6) is 1.21. The van der Waals surface area contributed by atoms with Crippen LogP contribution in [0.2, 0.25) is 0 Å². The SMILES string of the molecule is CC(C)=C1OCC2COCC2N(CC(C)F)C(=C(C)C)C1=C(C)C. The fourth-order valence-corrected chi connectivity index (χ4v) is 3.66. The quantitative estimate of drug-likeness (QED) is 0.734. The van der Waals surface area contributed by atoms with Gasteiger partial charge in [0, 0.05) is 23.7 Å². The standard InChI is InChI=1S/C20H32FNO2/c1-12(2)18-19(13(3)4)22(8-15(7)21)17-11-23-9-16(17)10-24-20(18)14(5)6/h15-17H,8-11H2,1-7H3. The van der Waals surface area contributed by atoms with Crippen molar-refractivity contribution in [3.8, 4) is 0 Å². The Morgan fingerprint density at radius 3 is 2.21 bits per heavy atom. The van der Waals surface area contributed by atoms with Gasteiger partial charge in [-0.1, -0.05) is 11.1 Å². The van der Waals surface area contributed by atoms with Crippen LogP contribution in [0, 0.1) is 5.92 Å². The molecule has 0 spiro atoms. The Balaban J connectivity index is 2.66. The molecule has 2 fully saturated rings. The molecule has 0 aromatic rings. The van der Waals surface area contributed by atoms with Gasteiger partial charge in [-0.15, -0.1) is 0 Å². The number of rotatable bonds is 2. The lowest BCUT2D eigenvalue weighted by Crippen LogP contribution is -2.46. The first-order valence-corrected chi connectivity index (χ1v) is 8.88. The summed E-state index contributed by atoms with van der Waals surface area (Å²) in [7, 11) is 0. The van der Waals surface area contributed by atoms with Crippen LogP contribution in [0.15, 0.2) is 33.7 Å². The minimum Gasteiger partial charge on any atom is -0.492 e. The summed E-state index contributed by atoms with van der Waals surface area (Å²) in [6, 6.07) is 0.168. The topological polar surface area (TPSA) is 21.7 Å². The molecule has 0 aliphatic carbocycles. The van der Waals surface area contributed by atoms with Crippen LogP contribution >= 0.6 is 0 Å². The van der Waals surface area contributed by atoms with Gasteiger partial charge in [0.2, 0.25) is 0 Å². The Morgan fingerprint density at radius 1 is 1.04 bits per heavy atom.